The van der Waals surface area contributed by atoms with Crippen molar-refractivity contribution in [2.24, 2.45) is 5.14 Å². The minimum Gasteiger partial charge on any atom is -0.452 e. The van der Waals surface area contributed by atoms with Crippen LogP contribution in [-0.2, 0) is 25.7 Å². The van der Waals surface area contributed by atoms with Gasteiger partial charge in [0.1, 0.15) is 0 Å². The van der Waals surface area contributed by atoms with E-state index in [1.54, 1.807) is 0 Å². The molecule has 0 unspecified atom stereocenters. The van der Waals surface area contributed by atoms with Gasteiger partial charge in [0.2, 0.25) is 10.0 Å². The van der Waals surface area contributed by atoms with Crippen molar-refractivity contribution in [1.29, 1.82) is 0 Å². The maximum absolute atomic E-state index is 12.9. The normalized spacial score (nSPS) is 11.8. The van der Waals surface area contributed by atoms with E-state index in [1.165, 1.54) is 31.2 Å². The van der Waals surface area contributed by atoms with Crippen molar-refractivity contribution >= 4 is 27.6 Å². The number of rotatable bonds is 5. The predicted octanol–water partition coefficient (Wildman–Crippen LogP) is 2.46. The lowest BCUT2D eigenvalue weighted by molar-refractivity contribution is -0.137. The first-order chi connectivity index (χ1) is 12.9. The van der Waals surface area contributed by atoms with Gasteiger partial charge in [0.25, 0.3) is 5.91 Å². The van der Waals surface area contributed by atoms with Crippen molar-refractivity contribution in [3.8, 4) is 0 Å². The molecular weight excluding hydrogens is 401 g/mol. The molecule has 0 aliphatic heterocycles. The number of hydrogen-bond acceptors (Lipinski definition) is 5. The number of esters is 1. The Kier molecular flexibility index (Phi) is 6.10. The largest absolute Gasteiger partial charge is 0.452 e. The summed E-state index contributed by atoms with van der Waals surface area (Å²) in [5.74, 6) is -2.02. The van der Waals surface area contributed by atoms with E-state index in [-0.39, 0.29) is 10.5 Å². The number of amides is 1. The Morgan fingerprint density at radius 3 is 2.39 bits per heavy atom. The molecule has 2 aromatic carbocycles. The number of alkyl halides is 3. The highest BCUT2D eigenvalue weighted by Gasteiger charge is 2.33. The number of primary sulfonamides is 1. The summed E-state index contributed by atoms with van der Waals surface area (Å²) in [5.41, 5.74) is -1.31. The summed E-state index contributed by atoms with van der Waals surface area (Å²) in [6.07, 6.45) is -4.67. The standard InChI is InChI=1S/C17H15F3N2O5S/c1-10-6-7-11(28(21,25)26)8-12(10)16(24)27-9-15(23)22-14-5-3-2-4-13(14)17(18,19)20/h2-8H,9H2,1H3,(H,22,23)(H2,21,25,26). The first kappa shape index (κ1) is 21.4. The van der Waals surface area contributed by atoms with Crippen LogP contribution in [-0.4, -0.2) is 26.9 Å². The summed E-state index contributed by atoms with van der Waals surface area (Å²) in [6, 6.07) is 7.84. The maximum Gasteiger partial charge on any atom is 0.418 e. The van der Waals surface area contributed by atoms with Crippen molar-refractivity contribution < 1.29 is 35.9 Å². The van der Waals surface area contributed by atoms with Gasteiger partial charge in [0.15, 0.2) is 6.61 Å². The van der Waals surface area contributed by atoms with Crippen LogP contribution in [0.3, 0.4) is 0 Å². The number of benzene rings is 2. The van der Waals surface area contributed by atoms with Crippen molar-refractivity contribution in [2.75, 3.05) is 11.9 Å². The lowest BCUT2D eigenvalue weighted by atomic mass is 10.1. The SMILES string of the molecule is Cc1ccc(S(N)(=O)=O)cc1C(=O)OCC(=O)Nc1ccccc1C(F)(F)F. The Hall–Kier alpha value is -2.92. The lowest BCUT2D eigenvalue weighted by Gasteiger charge is -2.13. The van der Waals surface area contributed by atoms with Crippen LogP contribution in [0, 0.1) is 6.92 Å². The predicted molar refractivity (Wildman–Crippen MR) is 92.9 cm³/mol. The second-order valence-electron chi connectivity index (χ2n) is 5.69. The molecule has 0 fully saturated rings. The molecule has 1 amide bonds. The highest BCUT2D eigenvalue weighted by atomic mass is 32.2. The molecule has 0 heterocycles. The van der Waals surface area contributed by atoms with Gasteiger partial charge >= 0.3 is 12.1 Å². The molecular formula is C17H15F3N2O5S. The fraction of sp³-hybridized carbons (Fsp3) is 0.176. The molecule has 2 aromatic rings. The number of nitrogens with two attached hydrogens (primary N) is 1. The number of nitrogens with one attached hydrogen (secondary N) is 1. The lowest BCUT2D eigenvalue weighted by Crippen LogP contribution is -2.23. The van der Waals surface area contributed by atoms with Gasteiger partial charge in [-0.25, -0.2) is 18.4 Å². The zero-order valence-corrected chi connectivity index (χ0v) is 15.2. The van der Waals surface area contributed by atoms with Crippen LogP contribution in [0.4, 0.5) is 18.9 Å². The van der Waals surface area contributed by atoms with Crippen molar-refractivity contribution in [2.45, 2.75) is 18.0 Å². The van der Waals surface area contributed by atoms with E-state index >= 15 is 0 Å². The van der Waals surface area contributed by atoms with Gasteiger partial charge < -0.3 is 10.1 Å². The number of para-hydroxylation sites is 1. The van der Waals surface area contributed by atoms with Crippen LogP contribution < -0.4 is 10.5 Å². The highest BCUT2D eigenvalue weighted by molar-refractivity contribution is 7.89. The number of sulfonamides is 1. The first-order valence-corrected chi connectivity index (χ1v) is 9.21. The topological polar surface area (TPSA) is 116 Å². The van der Waals surface area contributed by atoms with E-state index in [0.717, 1.165) is 18.2 Å². The third-order valence-corrected chi connectivity index (χ3v) is 4.51. The summed E-state index contributed by atoms with van der Waals surface area (Å²) < 4.78 is 66.3. The second kappa shape index (κ2) is 7.98. The van der Waals surface area contributed by atoms with E-state index in [1.807, 2.05) is 5.32 Å². The van der Waals surface area contributed by atoms with E-state index in [2.05, 4.69) is 0 Å². The summed E-state index contributed by atoms with van der Waals surface area (Å²) in [5, 5.41) is 7.02. The molecule has 150 valence electrons. The molecule has 0 radical (unpaired) electrons. The Labute approximate surface area is 158 Å². The van der Waals surface area contributed by atoms with Gasteiger partial charge in [0.05, 0.1) is 21.7 Å². The Bertz CT molecular complexity index is 1020. The van der Waals surface area contributed by atoms with Crippen LogP contribution in [0.25, 0.3) is 0 Å². The zero-order valence-electron chi connectivity index (χ0n) is 14.4. The third kappa shape index (κ3) is 5.30. The molecule has 11 heteroatoms. The molecule has 2 rings (SSSR count). The summed E-state index contributed by atoms with van der Waals surface area (Å²) in [7, 11) is -4.06. The van der Waals surface area contributed by atoms with Crippen LogP contribution in [0.1, 0.15) is 21.5 Å². The van der Waals surface area contributed by atoms with Crippen LogP contribution >= 0.6 is 0 Å². The number of halogens is 3. The molecule has 28 heavy (non-hydrogen) atoms. The molecule has 0 bridgehead atoms. The quantitative estimate of drug-likeness (QED) is 0.727. The van der Waals surface area contributed by atoms with Gasteiger partial charge in [0, 0.05) is 0 Å². The zero-order chi connectivity index (χ0) is 21.1. The summed E-state index contributed by atoms with van der Waals surface area (Å²) in [6.45, 7) is 0.632. The molecule has 0 saturated heterocycles. The van der Waals surface area contributed by atoms with Crippen molar-refractivity contribution in [1.82, 2.24) is 0 Å². The molecule has 0 aliphatic carbocycles. The number of ether oxygens (including phenoxy) is 1. The smallest absolute Gasteiger partial charge is 0.418 e. The maximum atomic E-state index is 12.9. The van der Waals surface area contributed by atoms with E-state index < -0.39 is 45.9 Å². The van der Waals surface area contributed by atoms with E-state index in [4.69, 9.17) is 9.88 Å². The van der Waals surface area contributed by atoms with Crippen molar-refractivity contribution in [3.05, 3.63) is 59.2 Å². The van der Waals surface area contributed by atoms with Crippen LogP contribution in [0.15, 0.2) is 47.4 Å². The van der Waals surface area contributed by atoms with E-state index in [0.29, 0.717) is 5.56 Å². The van der Waals surface area contributed by atoms with E-state index in [9.17, 15) is 31.2 Å². The first-order valence-electron chi connectivity index (χ1n) is 7.66. The summed E-state index contributed by atoms with van der Waals surface area (Å²) >= 11 is 0. The van der Waals surface area contributed by atoms with Gasteiger partial charge in [-0.2, -0.15) is 13.2 Å². The van der Waals surface area contributed by atoms with Crippen LogP contribution in [0.2, 0.25) is 0 Å². The fourth-order valence-electron chi connectivity index (χ4n) is 2.23. The Balaban J connectivity index is 2.09. The molecule has 0 aliphatic rings. The third-order valence-electron chi connectivity index (χ3n) is 3.60. The fourth-order valence-corrected chi connectivity index (χ4v) is 2.77. The molecule has 7 nitrogen and oxygen atoms in total. The number of hydrogen-bond donors (Lipinski definition) is 2. The van der Waals surface area contributed by atoms with Crippen molar-refractivity contribution in [3.63, 3.8) is 0 Å². The van der Waals surface area contributed by atoms with Gasteiger partial charge in [-0.15, -0.1) is 0 Å². The molecule has 3 N–H and O–H groups in total. The average Bonchev–Trinajstić information content (AvgIpc) is 2.58. The van der Waals surface area contributed by atoms with Gasteiger partial charge in [-0.1, -0.05) is 18.2 Å². The Morgan fingerprint density at radius 1 is 1.14 bits per heavy atom. The van der Waals surface area contributed by atoms with Gasteiger partial charge in [-0.3, -0.25) is 4.79 Å². The molecule has 0 spiro atoms. The molecule has 0 saturated carbocycles. The number of carbonyl (C=O) groups is 2. The number of carbonyl (C=O) groups excluding carboxylic acids is 2. The minimum atomic E-state index is -4.67. The second-order valence-corrected chi connectivity index (χ2v) is 7.25. The monoisotopic (exact) mass is 416 g/mol. The van der Waals surface area contributed by atoms with Gasteiger partial charge in [-0.05, 0) is 36.8 Å². The Morgan fingerprint density at radius 2 is 1.79 bits per heavy atom. The highest BCUT2D eigenvalue weighted by Crippen LogP contribution is 2.34. The number of anilines is 1. The molecule has 0 aromatic heterocycles. The molecule has 0 atom stereocenters. The average molecular weight is 416 g/mol. The summed E-state index contributed by atoms with van der Waals surface area (Å²) in [4.78, 5) is 23.7. The van der Waals surface area contributed by atoms with Crippen LogP contribution in [0.5, 0.6) is 0 Å². The number of aryl methyl sites for hydroxylation is 1. The minimum absolute atomic E-state index is 0.144.